The van der Waals surface area contributed by atoms with Gasteiger partial charge in [0.05, 0.1) is 5.02 Å². The van der Waals surface area contributed by atoms with Gasteiger partial charge in [-0.05, 0) is 24.6 Å². The van der Waals surface area contributed by atoms with Crippen LogP contribution >= 0.6 is 11.6 Å². The average molecular weight is 215 g/mol. The molecule has 0 saturated carbocycles. The molecule has 4 heteroatoms. The molecule has 0 amide bonds. The molecule has 0 saturated heterocycles. The Hall–Kier alpha value is -1.06. The molecule has 0 atom stereocenters. The van der Waals surface area contributed by atoms with E-state index in [4.69, 9.17) is 21.1 Å². The van der Waals surface area contributed by atoms with E-state index >= 15 is 0 Å². The monoisotopic (exact) mass is 214 g/mol. The highest BCUT2D eigenvalue weighted by molar-refractivity contribution is 6.32. The maximum Gasteiger partial charge on any atom is 0.188 e. The minimum atomic E-state index is 0.140. The van der Waals surface area contributed by atoms with E-state index in [9.17, 15) is 4.79 Å². The second kappa shape index (κ2) is 4.98. The van der Waals surface area contributed by atoms with Crippen molar-refractivity contribution in [3.8, 4) is 5.75 Å². The first-order chi connectivity index (χ1) is 6.69. The number of aryl methyl sites for hydroxylation is 1. The SMILES string of the molecule is COCOc1c(C)cc(C=O)cc1Cl. The predicted octanol–water partition coefficient (Wildman–Crippen LogP) is 2.44. The van der Waals surface area contributed by atoms with Gasteiger partial charge in [0.1, 0.15) is 12.0 Å². The fourth-order valence-electron chi connectivity index (χ4n) is 1.13. The highest BCUT2D eigenvalue weighted by atomic mass is 35.5. The van der Waals surface area contributed by atoms with Crippen molar-refractivity contribution in [3.05, 3.63) is 28.3 Å². The van der Waals surface area contributed by atoms with E-state index in [0.717, 1.165) is 11.8 Å². The maximum absolute atomic E-state index is 10.5. The summed E-state index contributed by atoms with van der Waals surface area (Å²) >= 11 is 5.91. The normalized spacial score (nSPS) is 9.93. The number of benzene rings is 1. The molecule has 14 heavy (non-hydrogen) atoms. The second-order valence-corrected chi connectivity index (χ2v) is 3.22. The second-order valence-electron chi connectivity index (χ2n) is 2.82. The molecule has 0 heterocycles. The molecule has 0 bridgehead atoms. The van der Waals surface area contributed by atoms with Crippen LogP contribution in [0.4, 0.5) is 0 Å². The first kappa shape index (κ1) is 11.0. The Morgan fingerprint density at radius 3 is 2.71 bits per heavy atom. The number of hydrogen-bond acceptors (Lipinski definition) is 3. The zero-order valence-electron chi connectivity index (χ0n) is 8.04. The molecule has 0 aromatic heterocycles. The third-order valence-corrected chi connectivity index (χ3v) is 1.99. The molecule has 0 aliphatic heterocycles. The number of halogens is 1. The van der Waals surface area contributed by atoms with Gasteiger partial charge in [-0.15, -0.1) is 0 Å². The van der Waals surface area contributed by atoms with Crippen LogP contribution < -0.4 is 4.74 Å². The maximum atomic E-state index is 10.5. The molecule has 0 aliphatic carbocycles. The Kier molecular flexibility index (Phi) is 3.92. The van der Waals surface area contributed by atoms with Gasteiger partial charge in [0.25, 0.3) is 0 Å². The summed E-state index contributed by atoms with van der Waals surface area (Å²) < 4.78 is 10.0. The van der Waals surface area contributed by atoms with E-state index in [1.54, 1.807) is 12.1 Å². The molecule has 0 radical (unpaired) electrons. The summed E-state index contributed by atoms with van der Waals surface area (Å²) in [6, 6.07) is 3.27. The number of aldehydes is 1. The fraction of sp³-hybridized carbons (Fsp3) is 0.300. The molecular formula is C10H11ClO3. The van der Waals surface area contributed by atoms with Gasteiger partial charge in [-0.3, -0.25) is 4.79 Å². The van der Waals surface area contributed by atoms with Gasteiger partial charge in [0.15, 0.2) is 6.79 Å². The summed E-state index contributed by atoms with van der Waals surface area (Å²) in [5, 5.41) is 0.421. The lowest BCUT2D eigenvalue weighted by molar-refractivity contribution is 0.0507. The fourth-order valence-corrected chi connectivity index (χ4v) is 1.46. The van der Waals surface area contributed by atoms with Crippen LogP contribution in [0.15, 0.2) is 12.1 Å². The highest BCUT2D eigenvalue weighted by Gasteiger charge is 2.07. The van der Waals surface area contributed by atoms with Gasteiger partial charge in [-0.25, -0.2) is 0 Å². The summed E-state index contributed by atoms with van der Waals surface area (Å²) in [5.74, 6) is 0.555. The van der Waals surface area contributed by atoms with Crippen LogP contribution in [0.1, 0.15) is 15.9 Å². The zero-order chi connectivity index (χ0) is 10.6. The van der Waals surface area contributed by atoms with E-state index in [2.05, 4.69) is 0 Å². The molecule has 1 aromatic rings. The summed E-state index contributed by atoms with van der Waals surface area (Å²) in [6.45, 7) is 1.96. The van der Waals surface area contributed by atoms with Crippen LogP contribution in [-0.2, 0) is 4.74 Å². The van der Waals surface area contributed by atoms with E-state index in [1.165, 1.54) is 7.11 Å². The summed E-state index contributed by atoms with van der Waals surface area (Å²) in [7, 11) is 1.53. The van der Waals surface area contributed by atoms with Crippen molar-refractivity contribution in [2.24, 2.45) is 0 Å². The first-order valence-corrected chi connectivity index (χ1v) is 4.44. The van der Waals surface area contributed by atoms with Crippen LogP contribution in [0.3, 0.4) is 0 Å². The summed E-state index contributed by atoms with van der Waals surface area (Å²) in [5.41, 5.74) is 1.36. The standard InChI is InChI=1S/C10H11ClO3/c1-7-3-8(5-12)4-9(11)10(7)14-6-13-2/h3-5H,6H2,1-2H3. The van der Waals surface area contributed by atoms with E-state index in [-0.39, 0.29) is 6.79 Å². The molecule has 0 spiro atoms. The molecule has 0 aliphatic rings. The number of hydrogen-bond donors (Lipinski definition) is 0. The highest BCUT2D eigenvalue weighted by Crippen LogP contribution is 2.29. The van der Waals surface area contributed by atoms with Gasteiger partial charge in [0, 0.05) is 12.7 Å². The Labute approximate surface area is 87.6 Å². The molecule has 0 unspecified atom stereocenters. The van der Waals surface area contributed by atoms with Crippen LogP contribution in [0.5, 0.6) is 5.75 Å². The van der Waals surface area contributed by atoms with Crippen LogP contribution in [0.2, 0.25) is 5.02 Å². The van der Waals surface area contributed by atoms with Crippen molar-refractivity contribution in [2.45, 2.75) is 6.92 Å². The van der Waals surface area contributed by atoms with E-state index in [0.29, 0.717) is 16.3 Å². The van der Waals surface area contributed by atoms with Crippen LogP contribution in [0.25, 0.3) is 0 Å². The Balaban J connectivity index is 2.99. The molecule has 3 nitrogen and oxygen atoms in total. The Morgan fingerprint density at radius 2 is 2.21 bits per heavy atom. The largest absolute Gasteiger partial charge is 0.466 e. The molecule has 0 N–H and O–H groups in total. The number of carbonyl (C=O) groups excluding carboxylic acids is 1. The van der Waals surface area contributed by atoms with Crippen molar-refractivity contribution >= 4 is 17.9 Å². The van der Waals surface area contributed by atoms with Crippen molar-refractivity contribution in [1.82, 2.24) is 0 Å². The van der Waals surface area contributed by atoms with Crippen molar-refractivity contribution in [2.75, 3.05) is 13.9 Å². The minimum Gasteiger partial charge on any atom is -0.466 e. The Bertz CT molecular complexity index is 313. The number of carbonyl (C=O) groups is 1. The number of rotatable bonds is 4. The zero-order valence-corrected chi connectivity index (χ0v) is 8.80. The van der Waals surface area contributed by atoms with Crippen molar-refractivity contribution in [3.63, 3.8) is 0 Å². The number of methoxy groups -OCH3 is 1. The topological polar surface area (TPSA) is 35.5 Å². The van der Waals surface area contributed by atoms with Gasteiger partial charge in [0.2, 0.25) is 0 Å². The Morgan fingerprint density at radius 1 is 1.50 bits per heavy atom. The quantitative estimate of drug-likeness (QED) is 0.571. The van der Waals surface area contributed by atoms with Gasteiger partial charge < -0.3 is 9.47 Å². The van der Waals surface area contributed by atoms with Crippen LogP contribution in [0, 0.1) is 6.92 Å². The predicted molar refractivity (Wildman–Crippen MR) is 54.1 cm³/mol. The lowest BCUT2D eigenvalue weighted by Gasteiger charge is -2.10. The van der Waals surface area contributed by atoms with Crippen LogP contribution in [-0.4, -0.2) is 20.2 Å². The van der Waals surface area contributed by atoms with Gasteiger partial charge in [-0.2, -0.15) is 0 Å². The smallest absolute Gasteiger partial charge is 0.188 e. The average Bonchev–Trinajstić information content (AvgIpc) is 2.16. The third-order valence-electron chi connectivity index (χ3n) is 1.71. The van der Waals surface area contributed by atoms with Crippen molar-refractivity contribution in [1.29, 1.82) is 0 Å². The molecule has 0 fully saturated rings. The van der Waals surface area contributed by atoms with Crippen molar-refractivity contribution < 1.29 is 14.3 Å². The first-order valence-electron chi connectivity index (χ1n) is 4.06. The van der Waals surface area contributed by atoms with E-state index in [1.807, 2.05) is 6.92 Å². The third kappa shape index (κ3) is 2.47. The molecule has 1 rings (SSSR count). The molecule has 76 valence electrons. The lowest BCUT2D eigenvalue weighted by atomic mass is 10.1. The molecule has 1 aromatic carbocycles. The lowest BCUT2D eigenvalue weighted by Crippen LogP contribution is -2.01. The van der Waals surface area contributed by atoms with Gasteiger partial charge in [-0.1, -0.05) is 11.6 Å². The minimum absolute atomic E-state index is 0.140. The molecular weight excluding hydrogens is 204 g/mol. The number of ether oxygens (including phenoxy) is 2. The summed E-state index contributed by atoms with van der Waals surface area (Å²) in [4.78, 5) is 10.5. The summed E-state index contributed by atoms with van der Waals surface area (Å²) in [6.07, 6.45) is 0.749. The van der Waals surface area contributed by atoms with E-state index < -0.39 is 0 Å². The van der Waals surface area contributed by atoms with Gasteiger partial charge >= 0.3 is 0 Å².